The summed E-state index contributed by atoms with van der Waals surface area (Å²) in [6, 6.07) is 18.1. The first kappa shape index (κ1) is 24.1. The minimum Gasteiger partial charge on any atom is -0.497 e. The van der Waals surface area contributed by atoms with Gasteiger partial charge >= 0.3 is 0 Å². The number of amides is 1. The van der Waals surface area contributed by atoms with Gasteiger partial charge in [-0.2, -0.15) is 4.31 Å². The van der Waals surface area contributed by atoms with Crippen molar-refractivity contribution in [1.82, 2.24) is 4.31 Å². The van der Waals surface area contributed by atoms with Gasteiger partial charge in [0.2, 0.25) is 10.0 Å². The normalized spacial score (nSPS) is 11.2. The van der Waals surface area contributed by atoms with Crippen molar-refractivity contribution in [3.8, 4) is 17.2 Å². The molecule has 0 aromatic heterocycles. The molecule has 8 nitrogen and oxygen atoms in total. The minimum absolute atomic E-state index is 0.0212. The molecule has 3 aromatic carbocycles. The predicted octanol–water partition coefficient (Wildman–Crippen LogP) is 3.79. The van der Waals surface area contributed by atoms with Crippen molar-refractivity contribution in [1.29, 1.82) is 0 Å². The molecule has 0 unspecified atom stereocenters. The summed E-state index contributed by atoms with van der Waals surface area (Å²) >= 11 is 0. The van der Waals surface area contributed by atoms with Gasteiger partial charge in [-0.15, -0.1) is 0 Å². The molecule has 0 fully saturated rings. The number of nitrogens with one attached hydrogen (secondary N) is 1. The van der Waals surface area contributed by atoms with Crippen molar-refractivity contribution in [2.24, 2.45) is 0 Å². The highest BCUT2D eigenvalue weighted by atomic mass is 32.2. The van der Waals surface area contributed by atoms with E-state index in [1.54, 1.807) is 61.7 Å². The van der Waals surface area contributed by atoms with Gasteiger partial charge in [-0.25, -0.2) is 8.42 Å². The molecule has 174 valence electrons. The van der Waals surface area contributed by atoms with Crippen LogP contribution in [-0.4, -0.2) is 47.0 Å². The Bertz CT molecular complexity index is 1230. The van der Waals surface area contributed by atoms with Gasteiger partial charge in [-0.05, 0) is 42.5 Å². The molecule has 1 N–H and O–H groups in total. The van der Waals surface area contributed by atoms with Crippen molar-refractivity contribution < 1.29 is 27.4 Å². The Kier molecular flexibility index (Phi) is 7.57. The van der Waals surface area contributed by atoms with Crippen molar-refractivity contribution >= 4 is 21.6 Å². The second-order valence-electron chi connectivity index (χ2n) is 7.12. The molecular formula is C24H26N2O6S. The largest absolute Gasteiger partial charge is 0.497 e. The van der Waals surface area contributed by atoms with Crippen LogP contribution in [0.5, 0.6) is 17.2 Å². The smallest absolute Gasteiger partial charge is 0.255 e. The molecule has 0 heterocycles. The lowest BCUT2D eigenvalue weighted by Crippen LogP contribution is -2.27. The third kappa shape index (κ3) is 5.44. The second kappa shape index (κ2) is 10.4. The van der Waals surface area contributed by atoms with Crippen LogP contribution >= 0.6 is 0 Å². The third-order valence-corrected chi connectivity index (χ3v) is 6.86. The fraction of sp³-hybridized carbons (Fsp3) is 0.208. The van der Waals surface area contributed by atoms with Crippen LogP contribution in [0.25, 0.3) is 0 Å². The van der Waals surface area contributed by atoms with Gasteiger partial charge in [0.05, 0.1) is 31.9 Å². The summed E-state index contributed by atoms with van der Waals surface area (Å²) in [5.74, 6) is 1.14. The number of hydrogen-bond acceptors (Lipinski definition) is 6. The van der Waals surface area contributed by atoms with Gasteiger partial charge in [0.1, 0.15) is 17.2 Å². The fourth-order valence-corrected chi connectivity index (χ4v) is 4.41. The van der Waals surface area contributed by atoms with Crippen LogP contribution in [0.1, 0.15) is 15.9 Å². The molecule has 0 saturated heterocycles. The average molecular weight is 471 g/mol. The molecular weight excluding hydrogens is 444 g/mol. The van der Waals surface area contributed by atoms with Gasteiger partial charge in [0.15, 0.2) is 0 Å². The lowest BCUT2D eigenvalue weighted by Gasteiger charge is -2.19. The molecule has 1 amide bonds. The van der Waals surface area contributed by atoms with Crippen LogP contribution in [-0.2, 0) is 16.6 Å². The maximum Gasteiger partial charge on any atom is 0.255 e. The summed E-state index contributed by atoms with van der Waals surface area (Å²) in [5.41, 5.74) is 1.37. The van der Waals surface area contributed by atoms with Crippen LogP contribution in [0.15, 0.2) is 71.6 Å². The maximum atomic E-state index is 12.9. The van der Waals surface area contributed by atoms with Crippen LogP contribution < -0.4 is 19.5 Å². The first-order valence-electron chi connectivity index (χ1n) is 10.0. The number of methoxy groups -OCH3 is 3. The summed E-state index contributed by atoms with van der Waals surface area (Å²) in [7, 11) is 2.31. The monoisotopic (exact) mass is 470 g/mol. The fourth-order valence-electron chi connectivity index (χ4n) is 3.24. The number of rotatable bonds is 9. The van der Waals surface area contributed by atoms with Crippen molar-refractivity contribution in [2.45, 2.75) is 11.4 Å². The van der Waals surface area contributed by atoms with Crippen LogP contribution in [0.2, 0.25) is 0 Å². The molecule has 0 radical (unpaired) electrons. The molecule has 0 atom stereocenters. The Morgan fingerprint density at radius 1 is 0.879 bits per heavy atom. The molecule has 33 heavy (non-hydrogen) atoms. The number of carbonyl (C=O) groups is 1. The summed E-state index contributed by atoms with van der Waals surface area (Å²) in [4.78, 5) is 13.1. The number of nitrogens with zero attached hydrogens (tertiary/aromatic N) is 1. The van der Waals surface area contributed by atoms with Gasteiger partial charge in [-0.1, -0.05) is 18.2 Å². The van der Waals surface area contributed by atoms with E-state index in [1.807, 2.05) is 0 Å². The summed E-state index contributed by atoms with van der Waals surface area (Å²) < 4.78 is 42.9. The topological polar surface area (TPSA) is 94.2 Å². The molecule has 0 aliphatic rings. The molecule has 0 spiro atoms. The number of anilines is 1. The van der Waals surface area contributed by atoms with Gasteiger partial charge < -0.3 is 19.5 Å². The van der Waals surface area contributed by atoms with E-state index in [4.69, 9.17) is 14.2 Å². The van der Waals surface area contributed by atoms with E-state index < -0.39 is 10.0 Å². The molecule has 3 rings (SSSR count). The summed E-state index contributed by atoms with van der Waals surface area (Å²) in [6.45, 7) is 0.0212. The Balaban J connectivity index is 1.86. The zero-order valence-corrected chi connectivity index (χ0v) is 19.7. The summed E-state index contributed by atoms with van der Waals surface area (Å²) in [6.07, 6.45) is 0. The molecule has 0 bridgehead atoms. The number of carbonyl (C=O) groups excluding carboxylic acids is 1. The third-order valence-electron chi connectivity index (χ3n) is 5.04. The molecule has 0 saturated carbocycles. The zero-order valence-electron chi connectivity index (χ0n) is 18.9. The van der Waals surface area contributed by atoms with E-state index >= 15 is 0 Å². The highest BCUT2D eigenvalue weighted by Gasteiger charge is 2.22. The van der Waals surface area contributed by atoms with E-state index in [0.29, 0.717) is 34.1 Å². The predicted molar refractivity (Wildman–Crippen MR) is 126 cm³/mol. The highest BCUT2D eigenvalue weighted by Crippen LogP contribution is 2.30. The van der Waals surface area contributed by atoms with Gasteiger partial charge in [-0.3, -0.25) is 4.79 Å². The Morgan fingerprint density at radius 2 is 1.58 bits per heavy atom. The number of benzene rings is 3. The molecule has 0 aliphatic carbocycles. The Labute approximate surface area is 193 Å². The minimum atomic E-state index is -3.71. The van der Waals surface area contributed by atoms with E-state index in [-0.39, 0.29) is 17.3 Å². The Morgan fingerprint density at radius 3 is 2.21 bits per heavy atom. The van der Waals surface area contributed by atoms with E-state index in [0.717, 1.165) is 0 Å². The van der Waals surface area contributed by atoms with E-state index in [2.05, 4.69) is 5.32 Å². The number of ether oxygens (including phenoxy) is 3. The van der Waals surface area contributed by atoms with Crippen molar-refractivity contribution in [3.63, 3.8) is 0 Å². The van der Waals surface area contributed by atoms with Crippen LogP contribution in [0.3, 0.4) is 0 Å². The second-order valence-corrected chi connectivity index (χ2v) is 9.17. The van der Waals surface area contributed by atoms with Crippen molar-refractivity contribution in [2.75, 3.05) is 33.7 Å². The van der Waals surface area contributed by atoms with Gasteiger partial charge in [0.25, 0.3) is 5.91 Å². The molecule has 0 aliphatic heterocycles. The van der Waals surface area contributed by atoms with Crippen molar-refractivity contribution in [3.05, 3.63) is 77.9 Å². The standard InChI is InChI=1S/C24H26N2O6S/c1-26(33(28,29)20-8-6-5-7-9-20)16-18-14-17(10-13-22(18)31-3)24(27)25-21-12-11-19(30-2)15-23(21)32-4/h5-15H,16H2,1-4H3,(H,25,27). The summed E-state index contributed by atoms with van der Waals surface area (Å²) in [5, 5.41) is 2.81. The number of hydrogen-bond donors (Lipinski definition) is 1. The lowest BCUT2D eigenvalue weighted by molar-refractivity contribution is 0.102. The molecule has 9 heteroatoms. The first-order chi connectivity index (χ1) is 15.8. The Hall–Kier alpha value is -3.56. The van der Waals surface area contributed by atoms with Crippen LogP contribution in [0, 0.1) is 0 Å². The SMILES string of the molecule is COc1ccc(NC(=O)c2ccc(OC)c(CN(C)S(=O)(=O)c3ccccc3)c2)c(OC)c1. The lowest BCUT2D eigenvalue weighted by atomic mass is 10.1. The molecule has 3 aromatic rings. The van der Waals surface area contributed by atoms with Crippen LogP contribution in [0.4, 0.5) is 5.69 Å². The zero-order chi connectivity index (χ0) is 24.0. The highest BCUT2D eigenvalue weighted by molar-refractivity contribution is 7.89. The maximum absolute atomic E-state index is 12.9. The van der Waals surface area contributed by atoms with E-state index in [1.165, 1.54) is 37.7 Å². The number of sulfonamides is 1. The quantitative estimate of drug-likeness (QED) is 0.511. The van der Waals surface area contributed by atoms with Gasteiger partial charge in [0, 0.05) is 30.8 Å². The average Bonchev–Trinajstić information content (AvgIpc) is 2.84. The van der Waals surface area contributed by atoms with E-state index in [9.17, 15) is 13.2 Å². The first-order valence-corrected chi connectivity index (χ1v) is 11.5.